The average Bonchev–Trinajstić information content (AvgIpc) is 2.72. The Balaban J connectivity index is 1.41. The summed E-state index contributed by atoms with van der Waals surface area (Å²) in [5.74, 6) is 2.16. The maximum Gasteiger partial charge on any atom is 0.409 e. The highest BCUT2D eigenvalue weighted by Gasteiger charge is 2.27. The molecule has 1 aromatic rings. The Labute approximate surface area is 183 Å². The summed E-state index contributed by atoms with van der Waals surface area (Å²) in [5, 5.41) is 0. The number of likely N-dealkylation sites (tertiary alicyclic amines) is 1. The molecule has 1 aromatic carbocycles. The van der Waals surface area contributed by atoms with Crippen LogP contribution in [-0.4, -0.2) is 61.8 Å². The van der Waals surface area contributed by atoms with Crippen LogP contribution in [0.5, 0.6) is 5.75 Å². The number of ether oxygens (including phenoxy) is 2. The van der Waals surface area contributed by atoms with E-state index in [-0.39, 0.29) is 6.09 Å². The lowest BCUT2D eigenvalue weighted by Gasteiger charge is -2.35. The maximum absolute atomic E-state index is 11.8. The normalized spacial score (nSPS) is 21.3. The Morgan fingerprint density at radius 1 is 1.17 bits per heavy atom. The Morgan fingerprint density at radius 3 is 2.69 bits per heavy atom. The van der Waals surface area contributed by atoms with Gasteiger partial charge in [-0.1, -0.05) is 22.9 Å². The first-order chi connectivity index (χ1) is 14.1. The molecule has 5 nitrogen and oxygen atoms in total. The molecule has 0 N–H and O–H groups in total. The van der Waals surface area contributed by atoms with E-state index >= 15 is 0 Å². The minimum atomic E-state index is -0.136. The maximum atomic E-state index is 11.8. The Kier molecular flexibility index (Phi) is 8.67. The number of amides is 1. The van der Waals surface area contributed by atoms with Gasteiger partial charge in [0.05, 0.1) is 13.2 Å². The summed E-state index contributed by atoms with van der Waals surface area (Å²) in [6.45, 7) is 10.5. The molecule has 0 spiro atoms. The number of carbonyl (C=O) groups is 1. The Hall–Kier alpha value is -1.27. The van der Waals surface area contributed by atoms with Crippen molar-refractivity contribution in [3.8, 4) is 5.75 Å². The molecule has 0 saturated carbocycles. The van der Waals surface area contributed by atoms with Gasteiger partial charge in [0.25, 0.3) is 0 Å². The van der Waals surface area contributed by atoms with Crippen molar-refractivity contribution in [3.63, 3.8) is 0 Å². The molecule has 6 heteroatoms. The number of hydrogen-bond donors (Lipinski definition) is 0. The van der Waals surface area contributed by atoms with Crippen molar-refractivity contribution in [3.05, 3.63) is 28.2 Å². The molecule has 2 saturated heterocycles. The molecule has 3 rings (SSSR count). The number of benzene rings is 1. The third-order valence-electron chi connectivity index (χ3n) is 6.07. The van der Waals surface area contributed by atoms with Crippen LogP contribution in [0.4, 0.5) is 4.79 Å². The number of hydrogen-bond acceptors (Lipinski definition) is 4. The molecule has 0 radical (unpaired) electrons. The molecular formula is C23H35BrN2O3. The summed E-state index contributed by atoms with van der Waals surface area (Å²) in [6.07, 6.45) is 5.56. The summed E-state index contributed by atoms with van der Waals surface area (Å²) in [4.78, 5) is 16.2. The molecule has 29 heavy (non-hydrogen) atoms. The molecule has 1 atom stereocenters. The first-order valence-corrected chi connectivity index (χ1v) is 11.9. The van der Waals surface area contributed by atoms with E-state index in [1.54, 1.807) is 0 Å². The predicted octanol–water partition coefficient (Wildman–Crippen LogP) is 4.97. The van der Waals surface area contributed by atoms with E-state index in [0.29, 0.717) is 19.1 Å². The lowest BCUT2D eigenvalue weighted by Crippen LogP contribution is -2.44. The van der Waals surface area contributed by atoms with E-state index in [9.17, 15) is 4.79 Å². The number of rotatable bonds is 9. The van der Waals surface area contributed by atoms with E-state index in [0.717, 1.165) is 50.6 Å². The van der Waals surface area contributed by atoms with Gasteiger partial charge in [-0.05, 0) is 88.3 Å². The third-order valence-corrected chi connectivity index (χ3v) is 6.84. The largest absolute Gasteiger partial charge is 0.494 e. The molecule has 0 aromatic heterocycles. The molecule has 0 aliphatic carbocycles. The second-order valence-corrected chi connectivity index (χ2v) is 9.21. The van der Waals surface area contributed by atoms with Crippen LogP contribution < -0.4 is 4.74 Å². The zero-order valence-corrected chi connectivity index (χ0v) is 19.5. The van der Waals surface area contributed by atoms with Gasteiger partial charge in [-0.2, -0.15) is 0 Å². The van der Waals surface area contributed by atoms with Gasteiger partial charge >= 0.3 is 6.09 Å². The number of carbonyl (C=O) groups excluding carboxylic acids is 1. The van der Waals surface area contributed by atoms with Crippen molar-refractivity contribution in [2.24, 2.45) is 11.8 Å². The highest BCUT2D eigenvalue weighted by atomic mass is 79.9. The summed E-state index contributed by atoms with van der Waals surface area (Å²) in [7, 11) is 0. The van der Waals surface area contributed by atoms with Crippen molar-refractivity contribution in [2.45, 2.75) is 46.0 Å². The van der Waals surface area contributed by atoms with Crippen LogP contribution in [-0.2, 0) is 11.2 Å². The number of cyclic esters (lactones) is 1. The molecule has 2 heterocycles. The summed E-state index contributed by atoms with van der Waals surface area (Å²) in [6, 6.07) is 6.32. The summed E-state index contributed by atoms with van der Waals surface area (Å²) in [5.41, 5.74) is 1.36. The van der Waals surface area contributed by atoms with Crippen LogP contribution in [0.1, 0.15) is 45.1 Å². The fourth-order valence-electron chi connectivity index (χ4n) is 4.40. The fourth-order valence-corrected chi connectivity index (χ4v) is 4.81. The lowest BCUT2D eigenvalue weighted by atomic mass is 9.90. The molecular weight excluding hydrogens is 432 g/mol. The SMILES string of the molecule is CCCN1CC(CCN2CCC(Cc3cc(OCC)ccc3Br)CC2)COC1=O. The standard InChI is InChI=1S/C23H35BrN2O3/c1-3-10-26-16-19(17-29-23(26)27)9-13-25-11-7-18(8-12-25)14-20-15-21(28-4-2)5-6-22(20)24/h5-6,15,18-19H,3-4,7-14,16-17H2,1-2H3. The predicted molar refractivity (Wildman–Crippen MR) is 119 cm³/mol. The molecule has 0 bridgehead atoms. The summed E-state index contributed by atoms with van der Waals surface area (Å²) < 4.78 is 12.2. The zero-order chi connectivity index (χ0) is 20.6. The van der Waals surface area contributed by atoms with E-state index < -0.39 is 0 Å². The molecule has 1 amide bonds. The van der Waals surface area contributed by atoms with E-state index in [1.807, 2.05) is 17.9 Å². The van der Waals surface area contributed by atoms with Crippen LogP contribution in [0.2, 0.25) is 0 Å². The quantitative estimate of drug-likeness (QED) is 0.514. The smallest absolute Gasteiger partial charge is 0.409 e. The van der Waals surface area contributed by atoms with Crippen molar-refractivity contribution in [1.82, 2.24) is 9.80 Å². The minimum Gasteiger partial charge on any atom is -0.494 e. The number of piperidine rings is 1. The van der Waals surface area contributed by atoms with Crippen molar-refractivity contribution >= 4 is 22.0 Å². The van der Waals surface area contributed by atoms with Gasteiger partial charge in [0.1, 0.15) is 5.75 Å². The summed E-state index contributed by atoms with van der Waals surface area (Å²) >= 11 is 3.70. The third kappa shape index (κ3) is 6.61. The van der Waals surface area contributed by atoms with E-state index in [2.05, 4.69) is 39.9 Å². The van der Waals surface area contributed by atoms with Crippen LogP contribution in [0.25, 0.3) is 0 Å². The van der Waals surface area contributed by atoms with E-state index in [4.69, 9.17) is 9.47 Å². The zero-order valence-electron chi connectivity index (χ0n) is 17.9. The second kappa shape index (κ2) is 11.2. The monoisotopic (exact) mass is 466 g/mol. The first kappa shape index (κ1) is 22.4. The molecule has 162 valence electrons. The molecule has 1 unspecified atom stereocenters. The molecule has 2 aliphatic rings. The van der Waals surface area contributed by atoms with Crippen LogP contribution in [0.15, 0.2) is 22.7 Å². The topological polar surface area (TPSA) is 42.0 Å². The second-order valence-electron chi connectivity index (χ2n) is 8.35. The highest BCUT2D eigenvalue weighted by Crippen LogP contribution is 2.29. The Morgan fingerprint density at radius 2 is 1.97 bits per heavy atom. The van der Waals surface area contributed by atoms with Gasteiger partial charge in [0, 0.05) is 23.5 Å². The minimum absolute atomic E-state index is 0.136. The van der Waals surface area contributed by atoms with Gasteiger partial charge in [-0.15, -0.1) is 0 Å². The molecule has 2 aliphatic heterocycles. The van der Waals surface area contributed by atoms with Gasteiger partial charge < -0.3 is 19.3 Å². The van der Waals surface area contributed by atoms with Crippen molar-refractivity contribution in [1.29, 1.82) is 0 Å². The van der Waals surface area contributed by atoms with Crippen molar-refractivity contribution in [2.75, 3.05) is 45.9 Å². The van der Waals surface area contributed by atoms with Gasteiger partial charge in [-0.25, -0.2) is 4.79 Å². The van der Waals surface area contributed by atoms with Crippen LogP contribution >= 0.6 is 15.9 Å². The van der Waals surface area contributed by atoms with Gasteiger partial charge in [-0.3, -0.25) is 0 Å². The van der Waals surface area contributed by atoms with Crippen LogP contribution in [0.3, 0.4) is 0 Å². The fraction of sp³-hybridized carbons (Fsp3) is 0.696. The highest BCUT2D eigenvalue weighted by molar-refractivity contribution is 9.10. The van der Waals surface area contributed by atoms with Crippen LogP contribution in [0, 0.1) is 11.8 Å². The Bertz CT molecular complexity index is 662. The first-order valence-electron chi connectivity index (χ1n) is 11.1. The van der Waals surface area contributed by atoms with E-state index in [1.165, 1.54) is 36.0 Å². The molecule has 2 fully saturated rings. The number of halogens is 1. The lowest BCUT2D eigenvalue weighted by molar-refractivity contribution is 0.0363. The van der Waals surface area contributed by atoms with Gasteiger partial charge in [0.15, 0.2) is 0 Å². The number of nitrogens with zero attached hydrogens (tertiary/aromatic N) is 2. The van der Waals surface area contributed by atoms with Gasteiger partial charge in [0.2, 0.25) is 0 Å². The average molecular weight is 467 g/mol. The van der Waals surface area contributed by atoms with Crippen molar-refractivity contribution < 1.29 is 14.3 Å².